The maximum atomic E-state index is 9.83. The number of hydrogen-bond acceptors (Lipinski definition) is 3. The van der Waals surface area contributed by atoms with Crippen molar-refractivity contribution in [1.82, 2.24) is 0 Å². The van der Waals surface area contributed by atoms with Crippen LogP contribution in [-0.2, 0) is 12.8 Å². The zero-order chi connectivity index (χ0) is 26.2. The van der Waals surface area contributed by atoms with Gasteiger partial charge >= 0.3 is 0 Å². The second-order valence-electron chi connectivity index (χ2n) is 10.1. The number of aliphatic hydroxyl groups is 1. The van der Waals surface area contributed by atoms with Gasteiger partial charge in [-0.1, -0.05) is 74.5 Å². The van der Waals surface area contributed by atoms with Crippen molar-refractivity contribution >= 4 is 5.71 Å². The van der Waals surface area contributed by atoms with Crippen LogP contribution in [-0.4, -0.2) is 24.0 Å². The number of allylic oxidation sites excluding steroid dienone is 2. The summed E-state index contributed by atoms with van der Waals surface area (Å²) in [4.78, 5) is 4.58. The topological polar surface area (TPSA) is 41.8 Å². The van der Waals surface area contributed by atoms with Gasteiger partial charge in [0.2, 0.25) is 0 Å². The van der Waals surface area contributed by atoms with E-state index in [0.29, 0.717) is 6.42 Å². The fourth-order valence-corrected chi connectivity index (χ4v) is 4.92. The predicted molar refractivity (Wildman–Crippen MR) is 156 cm³/mol. The van der Waals surface area contributed by atoms with Gasteiger partial charge in [-0.25, -0.2) is 0 Å². The van der Waals surface area contributed by atoms with E-state index in [9.17, 15) is 5.11 Å². The second kappa shape index (κ2) is 12.6. The molecule has 0 spiro atoms. The highest BCUT2D eigenvalue weighted by Crippen LogP contribution is 2.31. The molecular weight excluding hydrogens is 454 g/mol. The van der Waals surface area contributed by atoms with Crippen molar-refractivity contribution in [2.75, 3.05) is 13.2 Å². The molecule has 1 heterocycles. The van der Waals surface area contributed by atoms with Crippen LogP contribution in [0.3, 0.4) is 0 Å². The molecule has 1 aliphatic heterocycles. The molecule has 0 aliphatic carbocycles. The molecule has 3 aromatic carbocycles. The molecule has 0 saturated heterocycles. The molecule has 3 nitrogen and oxygen atoms in total. The van der Waals surface area contributed by atoms with E-state index in [2.05, 4.69) is 105 Å². The molecule has 1 N–H and O–H groups in total. The van der Waals surface area contributed by atoms with E-state index in [4.69, 9.17) is 4.74 Å². The zero-order valence-corrected chi connectivity index (χ0v) is 22.5. The number of aliphatic hydroxyl groups excluding tert-OH is 1. The summed E-state index contributed by atoms with van der Waals surface area (Å²) in [5, 5.41) is 9.83. The largest absolute Gasteiger partial charge is 0.513 e. The Morgan fingerprint density at radius 3 is 2.38 bits per heavy atom. The third-order valence-corrected chi connectivity index (χ3v) is 7.11. The van der Waals surface area contributed by atoms with Gasteiger partial charge in [-0.15, -0.1) is 0 Å². The molecule has 4 rings (SSSR count). The monoisotopic (exact) mass is 493 g/mol. The third-order valence-electron chi connectivity index (χ3n) is 7.11. The number of rotatable bonds is 12. The maximum Gasteiger partial charge on any atom is 0.119 e. The molecule has 3 heteroatoms. The summed E-state index contributed by atoms with van der Waals surface area (Å²) in [6.07, 6.45) is 8.80. The SMILES string of the molecule is C=C(O)C[C@H](C1=NCC=C1)c1ccc(CCc2ccc(C)c(-c3ccc(OCCCC)cc3C)c2)cc1. The lowest BCUT2D eigenvalue weighted by Gasteiger charge is -2.17. The van der Waals surface area contributed by atoms with Crippen LogP contribution in [0.15, 0.2) is 90.1 Å². The Hall–Kier alpha value is -3.59. The van der Waals surface area contributed by atoms with Gasteiger partial charge in [-0.3, -0.25) is 4.99 Å². The first-order valence-electron chi connectivity index (χ1n) is 13.4. The number of hydrogen-bond donors (Lipinski definition) is 1. The molecule has 192 valence electrons. The first-order chi connectivity index (χ1) is 17.9. The van der Waals surface area contributed by atoms with Crippen LogP contribution >= 0.6 is 0 Å². The molecule has 0 fully saturated rings. The Labute approximate surface area is 222 Å². The molecule has 37 heavy (non-hydrogen) atoms. The minimum Gasteiger partial charge on any atom is -0.513 e. The minimum absolute atomic E-state index is 0.0524. The molecule has 1 aliphatic rings. The fourth-order valence-electron chi connectivity index (χ4n) is 4.92. The molecule has 0 unspecified atom stereocenters. The Kier molecular flexibility index (Phi) is 9.00. The van der Waals surface area contributed by atoms with Crippen LogP contribution in [0.4, 0.5) is 0 Å². The van der Waals surface area contributed by atoms with Crippen LogP contribution < -0.4 is 4.74 Å². The fraction of sp³-hybridized carbons (Fsp3) is 0.324. The molecule has 0 amide bonds. The lowest BCUT2D eigenvalue weighted by Crippen LogP contribution is -2.10. The van der Waals surface area contributed by atoms with Crippen molar-refractivity contribution in [3.63, 3.8) is 0 Å². The zero-order valence-electron chi connectivity index (χ0n) is 22.5. The van der Waals surface area contributed by atoms with Crippen LogP contribution in [0, 0.1) is 13.8 Å². The average Bonchev–Trinajstić information content (AvgIpc) is 3.42. The van der Waals surface area contributed by atoms with E-state index < -0.39 is 0 Å². The van der Waals surface area contributed by atoms with Crippen molar-refractivity contribution in [2.45, 2.75) is 58.8 Å². The highest BCUT2D eigenvalue weighted by atomic mass is 16.5. The Bertz CT molecular complexity index is 1280. The third kappa shape index (κ3) is 7.01. The van der Waals surface area contributed by atoms with E-state index in [-0.39, 0.29) is 11.7 Å². The average molecular weight is 494 g/mol. The summed E-state index contributed by atoms with van der Waals surface area (Å²) in [7, 11) is 0. The lowest BCUT2D eigenvalue weighted by atomic mass is 9.89. The van der Waals surface area contributed by atoms with Gasteiger partial charge in [0.15, 0.2) is 0 Å². The Morgan fingerprint density at radius 2 is 1.70 bits per heavy atom. The minimum atomic E-state index is 0.0524. The first-order valence-corrected chi connectivity index (χ1v) is 13.4. The maximum absolute atomic E-state index is 9.83. The number of unbranched alkanes of at least 4 members (excludes halogenated alkanes) is 1. The van der Waals surface area contributed by atoms with Crippen molar-refractivity contribution in [3.05, 3.63) is 113 Å². The summed E-state index contributed by atoms with van der Waals surface area (Å²) in [5.41, 5.74) is 9.93. The van der Waals surface area contributed by atoms with Gasteiger partial charge in [0.1, 0.15) is 5.75 Å². The number of aliphatic imine (C=N–C) groups is 1. The van der Waals surface area contributed by atoms with Gasteiger partial charge < -0.3 is 9.84 Å². The van der Waals surface area contributed by atoms with Crippen LogP contribution in [0.2, 0.25) is 0 Å². The van der Waals surface area contributed by atoms with Gasteiger partial charge in [-0.05, 0) is 90.3 Å². The smallest absolute Gasteiger partial charge is 0.119 e. The normalized spacial score (nSPS) is 13.4. The highest BCUT2D eigenvalue weighted by Gasteiger charge is 2.19. The molecule has 1 atom stereocenters. The van der Waals surface area contributed by atoms with E-state index >= 15 is 0 Å². The summed E-state index contributed by atoms with van der Waals surface area (Å²) in [5.74, 6) is 1.20. The van der Waals surface area contributed by atoms with Gasteiger partial charge in [0, 0.05) is 18.1 Å². The molecule has 0 saturated carbocycles. The Balaban J connectivity index is 1.44. The molecule has 3 aromatic rings. The van der Waals surface area contributed by atoms with Crippen LogP contribution in [0.5, 0.6) is 5.75 Å². The predicted octanol–water partition coefficient (Wildman–Crippen LogP) is 8.49. The number of ether oxygens (including phenoxy) is 1. The number of aryl methyl sites for hydroxylation is 4. The van der Waals surface area contributed by atoms with Gasteiger partial charge in [0.25, 0.3) is 0 Å². The molecule has 0 bridgehead atoms. The van der Waals surface area contributed by atoms with Crippen molar-refractivity contribution in [2.24, 2.45) is 4.99 Å². The molecule has 0 aromatic heterocycles. The first kappa shape index (κ1) is 26.5. The highest BCUT2D eigenvalue weighted by molar-refractivity contribution is 6.01. The van der Waals surface area contributed by atoms with E-state index in [0.717, 1.165) is 50.3 Å². The van der Waals surface area contributed by atoms with Gasteiger partial charge in [-0.2, -0.15) is 0 Å². The van der Waals surface area contributed by atoms with E-state index in [1.54, 1.807) is 0 Å². The van der Waals surface area contributed by atoms with Crippen molar-refractivity contribution < 1.29 is 9.84 Å². The standard InChI is InChI=1S/C34H39NO2/c1-5-6-20-37-30-17-18-31(25(3)21-30)32-23-28(10-9-24(32)2)12-11-27-13-15-29(16-14-27)33(22-26(4)36)34-8-7-19-35-34/h7-10,13-18,21,23,33,36H,4-6,11-12,19-20,22H2,1-3H3/t33-/m0/s1. The lowest BCUT2D eigenvalue weighted by molar-refractivity contribution is 0.309. The summed E-state index contributed by atoms with van der Waals surface area (Å²) in [6.45, 7) is 11.7. The Morgan fingerprint density at radius 1 is 0.946 bits per heavy atom. The molecular formula is C34H39NO2. The quantitative estimate of drug-likeness (QED) is 0.203. The van der Waals surface area contributed by atoms with Crippen LogP contribution in [0.25, 0.3) is 11.1 Å². The molecule has 0 radical (unpaired) electrons. The van der Waals surface area contributed by atoms with Crippen LogP contribution in [0.1, 0.15) is 59.9 Å². The van der Waals surface area contributed by atoms with Crippen molar-refractivity contribution in [3.8, 4) is 16.9 Å². The summed E-state index contributed by atoms with van der Waals surface area (Å²) in [6, 6.07) is 22.0. The van der Waals surface area contributed by atoms with Gasteiger partial charge in [0.05, 0.1) is 18.9 Å². The summed E-state index contributed by atoms with van der Waals surface area (Å²) < 4.78 is 5.90. The number of benzene rings is 3. The van der Waals surface area contributed by atoms with E-state index in [1.807, 2.05) is 0 Å². The second-order valence-corrected chi connectivity index (χ2v) is 10.1. The number of nitrogens with zero attached hydrogens (tertiary/aromatic N) is 1. The van der Waals surface area contributed by atoms with Crippen molar-refractivity contribution in [1.29, 1.82) is 0 Å². The van der Waals surface area contributed by atoms with E-state index in [1.165, 1.54) is 38.9 Å². The summed E-state index contributed by atoms with van der Waals surface area (Å²) >= 11 is 0.